The van der Waals surface area contributed by atoms with E-state index in [9.17, 15) is 14.4 Å². The van der Waals surface area contributed by atoms with Gasteiger partial charge in [0.1, 0.15) is 5.75 Å². The number of benzene rings is 2. The first-order valence-corrected chi connectivity index (χ1v) is 10.5. The van der Waals surface area contributed by atoms with E-state index in [1.54, 1.807) is 25.3 Å². The van der Waals surface area contributed by atoms with Crippen LogP contribution in [0.1, 0.15) is 12.0 Å². The van der Waals surface area contributed by atoms with Crippen molar-refractivity contribution in [1.29, 1.82) is 0 Å². The van der Waals surface area contributed by atoms with Crippen molar-refractivity contribution in [2.75, 3.05) is 20.3 Å². The second-order valence-corrected chi connectivity index (χ2v) is 7.68. The van der Waals surface area contributed by atoms with E-state index in [1.807, 2.05) is 24.3 Å². The summed E-state index contributed by atoms with van der Waals surface area (Å²) in [7, 11) is 1.60. The molecule has 8 nitrogen and oxygen atoms in total. The first-order valence-electron chi connectivity index (χ1n) is 9.66. The number of esters is 1. The van der Waals surface area contributed by atoms with Crippen LogP contribution in [0, 0.1) is 0 Å². The third-order valence-corrected chi connectivity index (χ3v) is 5.10. The van der Waals surface area contributed by atoms with Gasteiger partial charge in [-0.25, -0.2) is 4.98 Å². The number of hydrogen-bond donors (Lipinski definition) is 1. The van der Waals surface area contributed by atoms with Crippen LogP contribution < -0.4 is 15.6 Å². The topological polar surface area (TPSA) is 99.5 Å². The molecule has 0 aliphatic carbocycles. The van der Waals surface area contributed by atoms with Gasteiger partial charge in [0, 0.05) is 17.6 Å². The Morgan fingerprint density at radius 1 is 1.16 bits per heavy atom. The molecule has 1 aromatic heterocycles. The first kappa shape index (κ1) is 22.5. The van der Waals surface area contributed by atoms with Crippen molar-refractivity contribution in [3.05, 3.63) is 69.2 Å². The maximum Gasteiger partial charge on any atom is 0.308 e. The van der Waals surface area contributed by atoms with Crippen molar-refractivity contribution in [1.82, 2.24) is 14.9 Å². The van der Waals surface area contributed by atoms with Crippen LogP contribution in [-0.2, 0) is 27.3 Å². The summed E-state index contributed by atoms with van der Waals surface area (Å²) in [6.07, 6.45) is 2.01. The summed E-state index contributed by atoms with van der Waals surface area (Å²) in [4.78, 5) is 40.5. The van der Waals surface area contributed by atoms with E-state index >= 15 is 0 Å². The predicted octanol–water partition coefficient (Wildman–Crippen LogP) is 2.46. The number of aryl methyl sites for hydroxylation is 1. The van der Waals surface area contributed by atoms with Crippen molar-refractivity contribution < 1.29 is 19.1 Å². The van der Waals surface area contributed by atoms with Gasteiger partial charge in [-0.1, -0.05) is 28.1 Å². The molecule has 3 aromatic rings. The molecule has 31 heavy (non-hydrogen) atoms. The van der Waals surface area contributed by atoms with Crippen molar-refractivity contribution in [3.63, 3.8) is 0 Å². The highest BCUT2D eigenvalue weighted by atomic mass is 79.9. The summed E-state index contributed by atoms with van der Waals surface area (Å²) >= 11 is 3.33. The molecule has 1 N–H and O–H groups in total. The SMILES string of the molecule is COc1ccc(CCNC(=O)COC(=O)CCn2cnc3ccc(Br)cc3c2=O)cc1. The molecule has 0 spiro atoms. The minimum Gasteiger partial charge on any atom is -0.497 e. The van der Waals surface area contributed by atoms with Crippen molar-refractivity contribution in [2.45, 2.75) is 19.4 Å². The minimum absolute atomic E-state index is 0.0414. The molecule has 1 heterocycles. The third kappa shape index (κ3) is 6.39. The van der Waals surface area contributed by atoms with E-state index in [0.717, 1.165) is 15.8 Å². The largest absolute Gasteiger partial charge is 0.497 e. The Labute approximate surface area is 187 Å². The van der Waals surface area contributed by atoms with E-state index in [2.05, 4.69) is 26.2 Å². The fourth-order valence-corrected chi connectivity index (χ4v) is 3.27. The molecule has 0 saturated carbocycles. The number of methoxy groups -OCH3 is 1. The van der Waals surface area contributed by atoms with Crippen LogP contribution in [0.4, 0.5) is 0 Å². The fourth-order valence-electron chi connectivity index (χ4n) is 2.91. The Bertz CT molecular complexity index is 1130. The monoisotopic (exact) mass is 487 g/mol. The highest BCUT2D eigenvalue weighted by Gasteiger charge is 2.10. The maximum atomic E-state index is 12.5. The molecule has 0 unspecified atom stereocenters. The first-order chi connectivity index (χ1) is 15.0. The Balaban J connectivity index is 1.40. The zero-order chi connectivity index (χ0) is 22.2. The second-order valence-electron chi connectivity index (χ2n) is 6.76. The summed E-state index contributed by atoms with van der Waals surface area (Å²) in [5.74, 6) is -0.169. The van der Waals surface area contributed by atoms with Crippen LogP contribution in [0.5, 0.6) is 5.75 Å². The van der Waals surface area contributed by atoms with Gasteiger partial charge in [0.05, 0.1) is 30.8 Å². The van der Waals surface area contributed by atoms with Crippen molar-refractivity contribution in [2.24, 2.45) is 0 Å². The second kappa shape index (κ2) is 10.7. The number of amides is 1. The third-order valence-electron chi connectivity index (χ3n) is 4.60. The quantitative estimate of drug-likeness (QED) is 0.465. The maximum absolute atomic E-state index is 12.5. The van der Waals surface area contributed by atoms with Crippen LogP contribution in [0.25, 0.3) is 10.9 Å². The summed E-state index contributed by atoms with van der Waals surface area (Å²) in [5.41, 5.74) is 1.40. The predicted molar refractivity (Wildman–Crippen MR) is 119 cm³/mol. The number of halogens is 1. The van der Waals surface area contributed by atoms with Gasteiger partial charge in [-0.2, -0.15) is 0 Å². The molecular weight excluding hydrogens is 466 g/mol. The Morgan fingerprint density at radius 3 is 2.68 bits per heavy atom. The lowest BCUT2D eigenvalue weighted by Crippen LogP contribution is -2.30. The van der Waals surface area contributed by atoms with Crippen molar-refractivity contribution in [3.8, 4) is 5.75 Å². The van der Waals surface area contributed by atoms with Gasteiger partial charge in [0.2, 0.25) is 0 Å². The van der Waals surface area contributed by atoms with Gasteiger partial charge in [0.25, 0.3) is 11.5 Å². The number of carbonyl (C=O) groups is 2. The molecule has 0 aliphatic heterocycles. The van der Waals surface area contributed by atoms with E-state index in [4.69, 9.17) is 9.47 Å². The van der Waals surface area contributed by atoms with E-state index < -0.39 is 5.97 Å². The average Bonchev–Trinajstić information content (AvgIpc) is 2.78. The van der Waals surface area contributed by atoms with E-state index in [0.29, 0.717) is 23.9 Å². The molecule has 0 radical (unpaired) electrons. The molecule has 0 atom stereocenters. The van der Waals surface area contributed by atoms with E-state index in [-0.39, 0.29) is 31.0 Å². The highest BCUT2D eigenvalue weighted by molar-refractivity contribution is 9.10. The average molecular weight is 488 g/mol. The smallest absolute Gasteiger partial charge is 0.308 e. The molecular formula is C22H22BrN3O5. The van der Waals surface area contributed by atoms with Gasteiger partial charge >= 0.3 is 5.97 Å². The van der Waals surface area contributed by atoms with Gasteiger partial charge in [-0.15, -0.1) is 0 Å². The Kier molecular flexibility index (Phi) is 7.77. The zero-order valence-electron chi connectivity index (χ0n) is 17.0. The fraction of sp³-hybridized carbons (Fsp3) is 0.273. The molecule has 0 saturated heterocycles. The zero-order valence-corrected chi connectivity index (χ0v) is 18.6. The number of nitrogens with one attached hydrogen (secondary N) is 1. The number of fused-ring (bicyclic) bond motifs is 1. The summed E-state index contributed by atoms with van der Waals surface area (Å²) in [5, 5.41) is 3.17. The lowest BCUT2D eigenvalue weighted by Gasteiger charge is -2.08. The number of hydrogen-bond acceptors (Lipinski definition) is 6. The van der Waals surface area contributed by atoms with Gasteiger partial charge in [0.15, 0.2) is 6.61 Å². The number of rotatable bonds is 9. The number of aromatic nitrogens is 2. The molecule has 3 rings (SSSR count). The summed E-state index contributed by atoms with van der Waals surface area (Å²) in [6.45, 7) is 0.182. The van der Waals surface area contributed by atoms with Crippen LogP contribution in [0.15, 0.2) is 58.1 Å². The molecule has 0 fully saturated rings. The van der Waals surface area contributed by atoms with Gasteiger partial charge in [-0.3, -0.25) is 19.0 Å². The Morgan fingerprint density at radius 2 is 1.94 bits per heavy atom. The summed E-state index contributed by atoms with van der Waals surface area (Å²) in [6, 6.07) is 12.8. The van der Waals surface area contributed by atoms with Crippen LogP contribution in [-0.4, -0.2) is 41.7 Å². The Hall–Kier alpha value is -3.20. The molecule has 2 aromatic carbocycles. The number of ether oxygens (including phenoxy) is 2. The van der Waals surface area contributed by atoms with Gasteiger partial charge in [-0.05, 0) is 42.3 Å². The lowest BCUT2D eigenvalue weighted by molar-refractivity contribution is -0.148. The number of carbonyl (C=O) groups excluding carboxylic acids is 2. The molecule has 0 bridgehead atoms. The minimum atomic E-state index is -0.563. The highest BCUT2D eigenvalue weighted by Crippen LogP contribution is 2.15. The summed E-state index contributed by atoms with van der Waals surface area (Å²) < 4.78 is 12.2. The lowest BCUT2D eigenvalue weighted by atomic mass is 10.1. The standard InChI is InChI=1S/C22H22BrN3O5/c1-30-17-5-2-15(3-6-17)8-10-24-20(27)13-31-21(28)9-11-26-14-25-19-7-4-16(23)12-18(19)22(26)29/h2-7,12,14H,8-11,13H2,1H3,(H,24,27). The van der Waals surface area contributed by atoms with Crippen molar-refractivity contribution >= 4 is 38.7 Å². The normalized spacial score (nSPS) is 10.6. The van der Waals surface area contributed by atoms with Crippen LogP contribution >= 0.6 is 15.9 Å². The molecule has 0 aliphatic rings. The number of nitrogens with zero attached hydrogens (tertiary/aromatic N) is 2. The van der Waals surface area contributed by atoms with E-state index in [1.165, 1.54) is 10.9 Å². The van der Waals surface area contributed by atoms with Gasteiger partial charge < -0.3 is 14.8 Å². The molecule has 1 amide bonds. The van der Waals surface area contributed by atoms with Crippen LogP contribution in [0.3, 0.4) is 0 Å². The molecule has 9 heteroatoms. The molecule has 162 valence electrons. The van der Waals surface area contributed by atoms with Crippen LogP contribution in [0.2, 0.25) is 0 Å².